The molecule has 142 valence electrons. The van der Waals surface area contributed by atoms with E-state index in [1.807, 2.05) is 65.3 Å². The maximum Gasteiger partial charge on any atom is 0.248 e. The van der Waals surface area contributed by atoms with Gasteiger partial charge in [-0.2, -0.15) is 0 Å². The second kappa shape index (κ2) is 7.12. The van der Waals surface area contributed by atoms with Gasteiger partial charge in [-0.25, -0.2) is 9.97 Å². The lowest BCUT2D eigenvalue weighted by atomic mass is 10.1. The number of carbonyl (C=O) groups is 1. The van der Waals surface area contributed by atoms with Gasteiger partial charge in [-0.15, -0.1) is 0 Å². The first-order chi connectivity index (χ1) is 14.2. The fraction of sp³-hybridized carbons (Fsp3) is 0.0455. The molecule has 1 N–H and O–H groups in total. The summed E-state index contributed by atoms with van der Waals surface area (Å²) in [6.45, 7) is 0.224. The van der Waals surface area contributed by atoms with Crippen molar-refractivity contribution in [2.24, 2.45) is 0 Å². The van der Waals surface area contributed by atoms with Crippen LogP contribution in [0.25, 0.3) is 23.1 Å². The number of imidazole rings is 1. The first-order valence-electron chi connectivity index (χ1n) is 9.03. The summed E-state index contributed by atoms with van der Waals surface area (Å²) in [6, 6.07) is 14.9. The molecule has 0 saturated heterocycles. The van der Waals surface area contributed by atoms with Gasteiger partial charge in [0.1, 0.15) is 0 Å². The van der Waals surface area contributed by atoms with Crippen LogP contribution in [0, 0.1) is 0 Å². The van der Waals surface area contributed by atoms with Gasteiger partial charge in [0.05, 0.1) is 5.69 Å². The Bertz CT molecular complexity index is 1210. The van der Waals surface area contributed by atoms with Crippen molar-refractivity contribution in [3.05, 3.63) is 78.8 Å². The van der Waals surface area contributed by atoms with Crippen LogP contribution in [-0.2, 0) is 4.79 Å². The number of rotatable bonds is 4. The summed E-state index contributed by atoms with van der Waals surface area (Å²) in [5.41, 5.74) is 3.23. The molecule has 0 spiro atoms. The van der Waals surface area contributed by atoms with Crippen molar-refractivity contribution in [2.45, 2.75) is 0 Å². The Hall–Kier alpha value is -4.13. The molecule has 1 aliphatic rings. The number of fused-ring (bicyclic) bond motifs is 2. The summed E-state index contributed by atoms with van der Waals surface area (Å²) in [7, 11) is 0. The first-order valence-corrected chi connectivity index (χ1v) is 9.03. The van der Waals surface area contributed by atoms with Gasteiger partial charge < -0.3 is 14.8 Å². The average Bonchev–Trinajstić information content (AvgIpc) is 3.39. The van der Waals surface area contributed by atoms with E-state index in [1.54, 1.807) is 12.3 Å². The van der Waals surface area contributed by atoms with Crippen LogP contribution in [0.5, 0.6) is 11.5 Å². The summed E-state index contributed by atoms with van der Waals surface area (Å²) in [4.78, 5) is 21.1. The van der Waals surface area contributed by atoms with E-state index in [2.05, 4.69) is 15.3 Å². The van der Waals surface area contributed by atoms with Crippen LogP contribution in [0.1, 0.15) is 5.56 Å². The van der Waals surface area contributed by atoms with E-state index >= 15 is 0 Å². The number of hydrogen-bond acceptors (Lipinski definition) is 5. The summed E-state index contributed by atoms with van der Waals surface area (Å²) in [5, 5.41) is 2.88. The van der Waals surface area contributed by atoms with Crippen molar-refractivity contribution >= 4 is 23.4 Å². The highest BCUT2D eigenvalue weighted by Crippen LogP contribution is 2.32. The second-order valence-corrected chi connectivity index (χ2v) is 6.47. The minimum Gasteiger partial charge on any atom is -0.454 e. The fourth-order valence-corrected chi connectivity index (χ4v) is 3.10. The summed E-state index contributed by atoms with van der Waals surface area (Å²) in [5.74, 6) is 1.80. The zero-order chi connectivity index (χ0) is 19.6. The third kappa shape index (κ3) is 3.53. The summed E-state index contributed by atoms with van der Waals surface area (Å²) < 4.78 is 12.5. The van der Waals surface area contributed by atoms with Crippen molar-refractivity contribution in [3.8, 4) is 22.8 Å². The Balaban J connectivity index is 1.31. The largest absolute Gasteiger partial charge is 0.454 e. The minimum atomic E-state index is -0.225. The van der Waals surface area contributed by atoms with Crippen molar-refractivity contribution in [2.75, 3.05) is 12.1 Å². The Morgan fingerprint density at radius 3 is 2.97 bits per heavy atom. The Labute approximate surface area is 166 Å². The lowest BCUT2D eigenvalue weighted by Gasteiger charge is -2.04. The number of amides is 1. The zero-order valence-corrected chi connectivity index (χ0v) is 15.3. The summed E-state index contributed by atoms with van der Waals surface area (Å²) >= 11 is 0. The third-order valence-corrected chi connectivity index (χ3v) is 4.49. The van der Waals surface area contributed by atoms with E-state index in [1.165, 1.54) is 6.08 Å². The van der Waals surface area contributed by atoms with Crippen LogP contribution in [-0.4, -0.2) is 27.1 Å². The topological polar surface area (TPSA) is 77.8 Å². The Morgan fingerprint density at radius 1 is 1.10 bits per heavy atom. The molecule has 0 saturated carbocycles. The zero-order valence-electron chi connectivity index (χ0n) is 15.3. The lowest BCUT2D eigenvalue weighted by molar-refractivity contribution is -0.111. The minimum absolute atomic E-state index is 0.224. The van der Waals surface area contributed by atoms with Crippen molar-refractivity contribution < 1.29 is 14.3 Å². The highest BCUT2D eigenvalue weighted by Gasteiger charge is 2.12. The number of aromatic nitrogens is 3. The number of hydrogen-bond donors (Lipinski definition) is 1. The molecule has 1 aliphatic heterocycles. The van der Waals surface area contributed by atoms with Crippen LogP contribution < -0.4 is 14.8 Å². The van der Waals surface area contributed by atoms with Gasteiger partial charge in [-0.3, -0.25) is 9.20 Å². The molecule has 0 bridgehead atoms. The third-order valence-electron chi connectivity index (χ3n) is 4.49. The van der Waals surface area contributed by atoms with Gasteiger partial charge in [0.25, 0.3) is 0 Å². The predicted molar refractivity (Wildman–Crippen MR) is 109 cm³/mol. The van der Waals surface area contributed by atoms with Crippen LogP contribution >= 0.6 is 0 Å². The molecule has 7 heteroatoms. The number of nitrogens with zero attached hydrogens (tertiary/aromatic N) is 3. The van der Waals surface area contributed by atoms with Gasteiger partial charge >= 0.3 is 0 Å². The van der Waals surface area contributed by atoms with Gasteiger partial charge in [0, 0.05) is 35.9 Å². The normalized spacial score (nSPS) is 12.6. The first kappa shape index (κ1) is 17.0. The number of nitrogens with one attached hydrogen (secondary N) is 1. The fourth-order valence-electron chi connectivity index (χ4n) is 3.10. The highest BCUT2D eigenvalue weighted by atomic mass is 16.7. The van der Waals surface area contributed by atoms with Gasteiger partial charge in [0.2, 0.25) is 18.5 Å². The molecule has 0 aliphatic carbocycles. The average molecular weight is 384 g/mol. The molecule has 5 rings (SSSR count). The Morgan fingerprint density at radius 2 is 2.03 bits per heavy atom. The molecule has 0 unspecified atom stereocenters. The molecule has 2 aromatic carbocycles. The lowest BCUT2D eigenvalue weighted by Crippen LogP contribution is -2.07. The molecule has 29 heavy (non-hydrogen) atoms. The monoisotopic (exact) mass is 384 g/mol. The van der Waals surface area contributed by atoms with E-state index in [9.17, 15) is 4.79 Å². The van der Waals surface area contributed by atoms with E-state index in [-0.39, 0.29) is 12.7 Å². The standard InChI is InChI=1S/C22H16N4O3/c27-21(8-6-15-5-7-19-20(11-15)29-14-28-19)24-17-4-1-3-16(12-17)18-13-26-10-2-9-23-22(26)25-18/h1-13H,14H2,(H,24,27)/b8-6+. The van der Waals surface area contributed by atoms with Gasteiger partial charge in [-0.05, 0) is 42.0 Å². The number of ether oxygens (including phenoxy) is 2. The smallest absolute Gasteiger partial charge is 0.248 e. The van der Waals surface area contributed by atoms with Crippen LogP contribution in [0.4, 0.5) is 5.69 Å². The van der Waals surface area contributed by atoms with E-state index < -0.39 is 0 Å². The quantitative estimate of drug-likeness (QED) is 0.542. The highest BCUT2D eigenvalue weighted by molar-refractivity contribution is 6.02. The molecular weight excluding hydrogens is 368 g/mol. The maximum atomic E-state index is 12.3. The predicted octanol–water partition coefficient (Wildman–Crippen LogP) is 3.78. The van der Waals surface area contributed by atoms with E-state index in [0.29, 0.717) is 23.0 Å². The molecule has 2 aromatic heterocycles. The van der Waals surface area contributed by atoms with Gasteiger partial charge in [0.15, 0.2) is 11.5 Å². The number of carbonyl (C=O) groups excluding carboxylic acids is 1. The second-order valence-electron chi connectivity index (χ2n) is 6.47. The number of anilines is 1. The summed E-state index contributed by atoms with van der Waals surface area (Å²) in [6.07, 6.45) is 8.72. The molecule has 1 amide bonds. The number of benzene rings is 2. The van der Waals surface area contributed by atoms with Crippen LogP contribution in [0.3, 0.4) is 0 Å². The SMILES string of the molecule is O=C(/C=C/c1ccc2c(c1)OCO2)Nc1cccc(-c2cn3cccnc3n2)c1. The molecule has 7 nitrogen and oxygen atoms in total. The van der Waals surface area contributed by atoms with Crippen molar-refractivity contribution in [1.29, 1.82) is 0 Å². The molecule has 0 atom stereocenters. The van der Waals surface area contributed by atoms with Crippen LogP contribution in [0.15, 0.2) is 73.2 Å². The molecule has 4 aromatic rings. The molecule has 0 radical (unpaired) electrons. The molecule has 0 fully saturated rings. The van der Waals surface area contributed by atoms with Gasteiger partial charge in [-0.1, -0.05) is 18.2 Å². The molecular formula is C22H16N4O3. The Kier molecular flexibility index (Phi) is 4.18. The van der Waals surface area contributed by atoms with Crippen molar-refractivity contribution in [3.63, 3.8) is 0 Å². The van der Waals surface area contributed by atoms with E-state index in [0.717, 1.165) is 16.8 Å². The van der Waals surface area contributed by atoms with E-state index in [4.69, 9.17) is 9.47 Å². The maximum absolute atomic E-state index is 12.3. The molecule has 3 heterocycles. The van der Waals surface area contributed by atoms with Crippen LogP contribution in [0.2, 0.25) is 0 Å². The van der Waals surface area contributed by atoms with Crippen molar-refractivity contribution in [1.82, 2.24) is 14.4 Å².